The highest BCUT2D eigenvalue weighted by Gasteiger charge is 2.08. The van der Waals surface area contributed by atoms with E-state index in [4.69, 9.17) is 8.17 Å². The minimum atomic E-state index is -0.975. The molecule has 0 heterocycles. The van der Waals surface area contributed by atoms with Crippen molar-refractivity contribution in [2.75, 3.05) is 12.5 Å². The van der Waals surface area contributed by atoms with Gasteiger partial charge in [-0.2, -0.15) is 0 Å². The fourth-order valence-corrected chi connectivity index (χ4v) is 1.09. The van der Waals surface area contributed by atoms with Gasteiger partial charge in [0.05, 0.1) is 0 Å². The third-order valence-corrected chi connectivity index (χ3v) is 1.68. The van der Waals surface area contributed by atoms with Crippen LogP contribution in [0, 0.1) is 0 Å². The Morgan fingerprint density at radius 1 is 1.40 bits per heavy atom. The van der Waals surface area contributed by atoms with Gasteiger partial charge in [-0.1, -0.05) is 12.1 Å². The molecule has 0 fully saturated rings. The summed E-state index contributed by atoms with van der Waals surface area (Å²) in [6, 6.07) is 6.48. The van der Waals surface area contributed by atoms with E-state index in [0.29, 0.717) is 5.75 Å². The molecule has 1 rings (SSSR count). The molecule has 4 nitrogen and oxygen atoms in total. The van der Waals surface area contributed by atoms with Crippen molar-refractivity contribution >= 4 is 39.8 Å². The lowest BCUT2D eigenvalue weighted by Crippen LogP contribution is -1.97. The van der Waals surface area contributed by atoms with E-state index in [1.807, 2.05) is 0 Å². The molecule has 0 atom stereocenters. The number of rotatable bonds is 2. The van der Waals surface area contributed by atoms with Gasteiger partial charge in [0.2, 0.25) is 0 Å². The monoisotopic (exact) mass is 342 g/mol. The maximum Gasteiger partial charge on any atom is 0.339 e. The van der Waals surface area contributed by atoms with Gasteiger partial charge in [-0.25, -0.2) is 4.79 Å². The first-order valence-corrected chi connectivity index (χ1v) is 6.69. The first-order chi connectivity index (χ1) is 6.99. The topological polar surface area (TPSA) is 63.6 Å². The summed E-state index contributed by atoms with van der Waals surface area (Å²) < 4.78 is 14.4. The lowest BCUT2D eigenvalue weighted by Gasteiger charge is -1.99. The molecule has 84 valence electrons. The molecule has 0 aliphatic carbocycles. The van der Waals surface area contributed by atoms with E-state index in [0.717, 1.165) is 0 Å². The lowest BCUT2D eigenvalue weighted by molar-refractivity contribution is 0.0695. The highest BCUT2D eigenvalue weighted by molar-refractivity contribution is 14.1. The van der Waals surface area contributed by atoms with Crippen molar-refractivity contribution in [2.45, 2.75) is 0 Å². The van der Waals surface area contributed by atoms with Gasteiger partial charge in [-0.3, -0.25) is 4.21 Å². The van der Waals surface area contributed by atoms with Gasteiger partial charge >= 0.3 is 5.97 Å². The Labute approximate surface area is 105 Å². The Kier molecular flexibility index (Phi) is 7.31. The fourth-order valence-electron chi connectivity index (χ4n) is 0.711. The molecule has 0 saturated heterocycles. The van der Waals surface area contributed by atoms with Crippen LogP contribution in [-0.4, -0.2) is 27.8 Å². The van der Waals surface area contributed by atoms with Crippen LogP contribution in [-0.2, 0) is 10.8 Å². The summed E-state index contributed by atoms with van der Waals surface area (Å²) in [4.78, 5) is 10.5. The number of carboxylic acids is 1. The van der Waals surface area contributed by atoms with Gasteiger partial charge in [0.25, 0.3) is 0 Å². The average Bonchev–Trinajstić information content (AvgIpc) is 2.16. The summed E-state index contributed by atoms with van der Waals surface area (Å²) in [5.41, 5.74) is 0.182. The van der Waals surface area contributed by atoms with Crippen LogP contribution in [0.25, 0.3) is 0 Å². The van der Waals surface area contributed by atoms with Crippen LogP contribution in [0.15, 0.2) is 24.3 Å². The molecule has 15 heavy (non-hydrogen) atoms. The summed E-state index contributed by atoms with van der Waals surface area (Å²) in [7, 11) is -0.611. The van der Waals surface area contributed by atoms with Crippen molar-refractivity contribution in [2.24, 2.45) is 0 Å². The third kappa shape index (κ3) is 6.45. The van der Waals surface area contributed by atoms with E-state index in [1.165, 1.54) is 6.07 Å². The molecule has 1 N–H and O–H groups in total. The van der Waals surface area contributed by atoms with E-state index < -0.39 is 16.8 Å². The fraction of sp³-hybridized carbons (Fsp3) is 0.222. The zero-order chi connectivity index (χ0) is 11.8. The van der Waals surface area contributed by atoms with E-state index >= 15 is 0 Å². The lowest BCUT2D eigenvalue weighted by atomic mass is 10.2. The summed E-state index contributed by atoms with van der Waals surface area (Å²) in [5.74, 6) is -0.599. The molecule has 0 aromatic heterocycles. The van der Waals surface area contributed by atoms with Gasteiger partial charge in [0.15, 0.2) is 23.0 Å². The Morgan fingerprint density at radius 2 is 1.87 bits per heavy atom. The predicted molar refractivity (Wildman–Crippen MR) is 68.0 cm³/mol. The molecule has 0 spiro atoms. The number of benzene rings is 1. The Morgan fingerprint density at radius 3 is 2.20 bits per heavy atom. The second kappa shape index (κ2) is 7.63. The quantitative estimate of drug-likeness (QED) is 0.837. The SMILES string of the molecule is CS(C)=O.O=C(O)c1ccccc1OI. The van der Waals surface area contributed by atoms with Crippen molar-refractivity contribution in [3.8, 4) is 5.75 Å². The van der Waals surface area contributed by atoms with E-state index in [1.54, 1.807) is 53.7 Å². The van der Waals surface area contributed by atoms with Gasteiger partial charge in [0, 0.05) is 23.3 Å². The van der Waals surface area contributed by atoms with Gasteiger partial charge < -0.3 is 8.17 Å². The molecule has 0 aliphatic heterocycles. The van der Waals surface area contributed by atoms with Crippen LogP contribution >= 0.6 is 23.0 Å². The molecule has 0 aliphatic rings. The zero-order valence-electron chi connectivity index (χ0n) is 8.27. The molecule has 0 radical (unpaired) electrons. The van der Waals surface area contributed by atoms with Crippen LogP contribution in [0.3, 0.4) is 0 Å². The van der Waals surface area contributed by atoms with Gasteiger partial charge in [0.1, 0.15) is 11.3 Å². The maximum absolute atomic E-state index is 10.5. The van der Waals surface area contributed by atoms with Gasteiger partial charge in [-0.05, 0) is 12.1 Å². The molecule has 1 aromatic rings. The molecule has 1 aromatic carbocycles. The second-order valence-corrected chi connectivity index (χ2v) is 4.54. The average molecular weight is 342 g/mol. The minimum absolute atomic E-state index is 0.182. The number of hydrogen-bond acceptors (Lipinski definition) is 3. The highest BCUT2D eigenvalue weighted by atomic mass is 127. The molecule has 6 heteroatoms. The number of para-hydroxylation sites is 1. The van der Waals surface area contributed by atoms with Crippen molar-refractivity contribution in [3.05, 3.63) is 29.8 Å². The summed E-state index contributed by atoms with van der Waals surface area (Å²) >= 11 is 1.65. The first-order valence-electron chi connectivity index (χ1n) is 3.85. The number of aromatic carboxylic acids is 1. The summed E-state index contributed by atoms with van der Waals surface area (Å²) in [6.45, 7) is 0. The van der Waals surface area contributed by atoms with Crippen LogP contribution in [0.1, 0.15) is 10.4 Å². The molecule has 0 amide bonds. The number of hydrogen-bond donors (Lipinski definition) is 1. The standard InChI is InChI=1S/C7H5IO3.C2H6OS/c8-11-6-4-2-1-3-5(6)7(9)10;1-4(2)3/h1-4H,(H,9,10);1-2H3. The minimum Gasteiger partial charge on any atom is -0.478 e. The first kappa shape index (κ1) is 14.4. The number of halogens is 1. The highest BCUT2D eigenvalue weighted by Crippen LogP contribution is 2.19. The smallest absolute Gasteiger partial charge is 0.339 e. The zero-order valence-corrected chi connectivity index (χ0v) is 11.2. The maximum atomic E-state index is 10.5. The van der Waals surface area contributed by atoms with Crippen LogP contribution in [0.2, 0.25) is 0 Å². The Hall–Kier alpha value is -0.630. The van der Waals surface area contributed by atoms with E-state index in [-0.39, 0.29) is 5.56 Å². The predicted octanol–water partition coefficient (Wildman–Crippen LogP) is 2.11. The number of carbonyl (C=O) groups is 1. The molecular formula is C9H11IO4S. The van der Waals surface area contributed by atoms with Crippen molar-refractivity contribution in [1.82, 2.24) is 0 Å². The van der Waals surface area contributed by atoms with Crippen molar-refractivity contribution in [1.29, 1.82) is 0 Å². The van der Waals surface area contributed by atoms with Crippen LogP contribution in [0.4, 0.5) is 0 Å². The van der Waals surface area contributed by atoms with Crippen molar-refractivity contribution in [3.63, 3.8) is 0 Å². The normalized spacial score (nSPS) is 9.07. The summed E-state index contributed by atoms with van der Waals surface area (Å²) in [5, 5.41) is 8.61. The molecule has 0 unspecified atom stereocenters. The second-order valence-electron chi connectivity index (χ2n) is 2.62. The third-order valence-electron chi connectivity index (χ3n) is 1.20. The largest absolute Gasteiger partial charge is 0.478 e. The molecule has 0 saturated carbocycles. The molecule has 0 bridgehead atoms. The molecular weight excluding hydrogens is 331 g/mol. The van der Waals surface area contributed by atoms with Crippen LogP contribution < -0.4 is 3.07 Å². The Bertz CT molecular complexity index is 350. The van der Waals surface area contributed by atoms with E-state index in [2.05, 4.69) is 0 Å². The Balaban J connectivity index is 0.000000423. The summed E-state index contributed by atoms with van der Waals surface area (Å²) in [6.07, 6.45) is 3.28. The van der Waals surface area contributed by atoms with Crippen LogP contribution in [0.5, 0.6) is 5.75 Å². The van der Waals surface area contributed by atoms with Crippen molar-refractivity contribution < 1.29 is 17.2 Å². The van der Waals surface area contributed by atoms with Gasteiger partial charge in [-0.15, -0.1) is 0 Å². The number of carboxylic acid groups (broad SMARTS) is 1. The van der Waals surface area contributed by atoms with E-state index in [9.17, 15) is 9.00 Å².